The zero-order valence-corrected chi connectivity index (χ0v) is 23.6. The Kier molecular flexibility index (Phi) is 8.39. The minimum atomic E-state index is -0.417. The molecule has 206 valence electrons. The first-order valence-electron chi connectivity index (χ1n) is 12.4. The van der Waals surface area contributed by atoms with Gasteiger partial charge in [-0.25, -0.2) is 4.98 Å². The number of hydrogen-bond donors (Lipinski definition) is 3. The predicted molar refractivity (Wildman–Crippen MR) is 151 cm³/mol. The lowest BCUT2D eigenvalue weighted by Gasteiger charge is -2.19. The third-order valence-electron chi connectivity index (χ3n) is 6.63. The van der Waals surface area contributed by atoms with Crippen molar-refractivity contribution < 1.29 is 23.8 Å². The van der Waals surface area contributed by atoms with Crippen molar-refractivity contribution in [1.29, 1.82) is 0 Å². The van der Waals surface area contributed by atoms with Crippen molar-refractivity contribution >= 4 is 34.0 Å². The highest BCUT2D eigenvalue weighted by Gasteiger charge is 2.29. The summed E-state index contributed by atoms with van der Waals surface area (Å²) in [5, 5.41) is 9.20. The van der Waals surface area contributed by atoms with E-state index >= 15 is 0 Å². The molecule has 39 heavy (non-hydrogen) atoms. The van der Waals surface area contributed by atoms with Crippen LogP contribution in [-0.4, -0.2) is 44.7 Å². The Hall–Kier alpha value is -4.12. The van der Waals surface area contributed by atoms with E-state index in [4.69, 9.17) is 14.2 Å². The van der Waals surface area contributed by atoms with Gasteiger partial charge in [0.25, 0.3) is 0 Å². The molecule has 1 aliphatic carbocycles. The summed E-state index contributed by atoms with van der Waals surface area (Å²) < 4.78 is 17.0. The summed E-state index contributed by atoms with van der Waals surface area (Å²) in [4.78, 5) is 43.3. The van der Waals surface area contributed by atoms with E-state index in [0.29, 0.717) is 46.3 Å². The molecule has 11 heteroatoms. The van der Waals surface area contributed by atoms with Crippen molar-refractivity contribution in [3.8, 4) is 28.4 Å². The molecule has 3 aromatic rings. The van der Waals surface area contributed by atoms with Gasteiger partial charge in [-0.15, -0.1) is 11.3 Å². The Morgan fingerprint density at radius 2 is 1.82 bits per heavy atom. The minimum Gasteiger partial charge on any atom is -0.493 e. The number of methoxy groups -OCH3 is 3. The van der Waals surface area contributed by atoms with Crippen molar-refractivity contribution in [2.45, 2.75) is 39.7 Å². The molecule has 0 spiro atoms. The highest BCUT2D eigenvalue weighted by Crippen LogP contribution is 2.50. The lowest BCUT2D eigenvalue weighted by Crippen LogP contribution is -2.27. The minimum absolute atomic E-state index is 0.123. The van der Waals surface area contributed by atoms with E-state index in [2.05, 4.69) is 20.9 Å². The van der Waals surface area contributed by atoms with Crippen LogP contribution in [0.25, 0.3) is 11.1 Å². The van der Waals surface area contributed by atoms with Crippen molar-refractivity contribution in [3.63, 3.8) is 0 Å². The molecule has 0 aliphatic heterocycles. The maximum atomic E-state index is 13.4. The van der Waals surface area contributed by atoms with Crippen LogP contribution in [0.1, 0.15) is 41.1 Å². The summed E-state index contributed by atoms with van der Waals surface area (Å²) in [5.41, 5.74) is 3.83. The zero-order valence-electron chi connectivity index (χ0n) is 22.8. The van der Waals surface area contributed by atoms with E-state index in [0.717, 1.165) is 21.7 Å². The van der Waals surface area contributed by atoms with Crippen molar-refractivity contribution in [2.24, 2.45) is 0 Å². The molecule has 10 nitrogen and oxygen atoms in total. The Balaban J connectivity index is 1.77. The Morgan fingerprint density at radius 1 is 1.08 bits per heavy atom. The van der Waals surface area contributed by atoms with E-state index in [-0.39, 0.29) is 29.5 Å². The Morgan fingerprint density at radius 3 is 2.44 bits per heavy atom. The van der Waals surface area contributed by atoms with Crippen LogP contribution in [-0.2, 0) is 16.0 Å². The number of aryl methyl sites for hydroxylation is 3. The average Bonchev–Trinajstić information content (AvgIpc) is 3.04. The summed E-state index contributed by atoms with van der Waals surface area (Å²) in [5.74, 6) is 0.894. The Labute approximate surface area is 230 Å². The molecule has 1 aromatic heterocycles. The number of hydrogen-bond acceptors (Lipinski definition) is 9. The normalized spacial score (nSPS) is 13.8. The standard InChI is InChI=1S/C28H32N4O6S/c1-14-15(2)39-28(30-14)32-24(35)13-29-21-10-8-18-19(12-22(21)34)20(31-16(3)33)9-7-17-11-23(36-4)26(37-5)27(38-6)25(17)18/h8,10-12,20H,7,9,13H2,1-6H3,(H,29,34)(H,31,33)(H,30,32,35)/t20-/m0/s1. The van der Waals surface area contributed by atoms with E-state index in [1.54, 1.807) is 26.4 Å². The number of rotatable bonds is 8. The van der Waals surface area contributed by atoms with Gasteiger partial charge in [0.05, 0.1) is 45.3 Å². The van der Waals surface area contributed by atoms with Gasteiger partial charge in [0, 0.05) is 17.4 Å². The van der Waals surface area contributed by atoms with Gasteiger partial charge in [-0.2, -0.15) is 0 Å². The molecule has 0 fully saturated rings. The number of benzene rings is 1. The fourth-order valence-electron chi connectivity index (χ4n) is 4.72. The molecular formula is C28H32N4O6S. The summed E-state index contributed by atoms with van der Waals surface area (Å²) in [6, 6.07) is 6.43. The molecule has 2 amide bonds. The zero-order chi connectivity index (χ0) is 28.3. The van der Waals surface area contributed by atoms with Gasteiger partial charge in [0.2, 0.25) is 23.0 Å². The molecular weight excluding hydrogens is 520 g/mol. The summed E-state index contributed by atoms with van der Waals surface area (Å²) >= 11 is 1.39. The first-order valence-corrected chi connectivity index (χ1v) is 13.2. The lowest BCUT2D eigenvalue weighted by atomic mass is 9.95. The number of carbonyl (C=O) groups excluding carboxylic acids is 2. The molecule has 0 radical (unpaired) electrons. The summed E-state index contributed by atoms with van der Waals surface area (Å²) in [6.07, 6.45) is 1.16. The van der Waals surface area contributed by atoms with Gasteiger partial charge in [0.1, 0.15) is 0 Å². The van der Waals surface area contributed by atoms with Crippen molar-refractivity contribution in [2.75, 3.05) is 38.5 Å². The largest absolute Gasteiger partial charge is 0.493 e. The first kappa shape index (κ1) is 27.9. The van der Waals surface area contributed by atoms with Crippen LogP contribution in [0.3, 0.4) is 0 Å². The third kappa shape index (κ3) is 5.83. The molecule has 4 rings (SSSR count). The van der Waals surface area contributed by atoms with Crippen LogP contribution >= 0.6 is 11.3 Å². The van der Waals surface area contributed by atoms with Gasteiger partial charge < -0.3 is 30.2 Å². The molecule has 1 heterocycles. The van der Waals surface area contributed by atoms with E-state index in [1.165, 1.54) is 31.4 Å². The molecule has 1 aliphatic rings. The van der Waals surface area contributed by atoms with Crippen LogP contribution in [0.2, 0.25) is 0 Å². The maximum absolute atomic E-state index is 13.4. The number of nitrogens with one attached hydrogen (secondary N) is 3. The highest BCUT2D eigenvalue weighted by molar-refractivity contribution is 7.15. The van der Waals surface area contributed by atoms with E-state index < -0.39 is 6.04 Å². The molecule has 0 saturated carbocycles. The van der Waals surface area contributed by atoms with Gasteiger partial charge >= 0.3 is 0 Å². The van der Waals surface area contributed by atoms with Gasteiger partial charge in [-0.1, -0.05) is 6.07 Å². The SMILES string of the molecule is COc1cc2c(c(OC)c1OC)-c1ccc(NCC(=O)Nc3nc(C)c(C)s3)c(=O)cc1[C@@H](NC(C)=O)CC2. The van der Waals surface area contributed by atoms with Crippen LogP contribution in [0.5, 0.6) is 17.2 Å². The number of carbonyl (C=O) groups is 2. The fourth-order valence-corrected chi connectivity index (χ4v) is 5.55. The van der Waals surface area contributed by atoms with Crippen LogP contribution in [0.4, 0.5) is 10.8 Å². The number of thiazole rings is 1. The quantitative estimate of drug-likeness (QED) is 0.383. The number of amides is 2. The molecule has 0 saturated heterocycles. The van der Waals surface area contributed by atoms with E-state index in [9.17, 15) is 14.4 Å². The molecule has 0 bridgehead atoms. The number of aromatic nitrogens is 1. The topological polar surface area (TPSA) is 128 Å². The predicted octanol–water partition coefficient (Wildman–Crippen LogP) is 3.99. The van der Waals surface area contributed by atoms with Crippen LogP contribution < -0.4 is 35.6 Å². The second-order valence-electron chi connectivity index (χ2n) is 9.16. The molecule has 3 N–H and O–H groups in total. The third-order valence-corrected chi connectivity index (χ3v) is 7.62. The number of ether oxygens (including phenoxy) is 3. The summed E-state index contributed by atoms with van der Waals surface area (Å²) in [7, 11) is 4.64. The lowest BCUT2D eigenvalue weighted by molar-refractivity contribution is -0.119. The number of nitrogens with zero attached hydrogens (tertiary/aromatic N) is 1. The first-order chi connectivity index (χ1) is 18.7. The monoisotopic (exact) mass is 552 g/mol. The Bertz CT molecular complexity index is 1470. The second-order valence-corrected chi connectivity index (χ2v) is 10.4. The van der Waals surface area contributed by atoms with Gasteiger partial charge in [0.15, 0.2) is 16.6 Å². The van der Waals surface area contributed by atoms with Gasteiger partial charge in [-0.05, 0) is 61.6 Å². The number of fused-ring (bicyclic) bond motifs is 3. The van der Waals surface area contributed by atoms with Crippen LogP contribution in [0.15, 0.2) is 29.1 Å². The molecule has 0 unspecified atom stereocenters. The smallest absolute Gasteiger partial charge is 0.245 e. The van der Waals surface area contributed by atoms with Gasteiger partial charge in [-0.3, -0.25) is 14.4 Å². The van der Waals surface area contributed by atoms with Crippen molar-refractivity contribution in [1.82, 2.24) is 10.3 Å². The molecule has 2 aromatic carbocycles. The van der Waals surface area contributed by atoms with Crippen molar-refractivity contribution in [3.05, 3.63) is 56.2 Å². The maximum Gasteiger partial charge on any atom is 0.245 e. The highest BCUT2D eigenvalue weighted by atomic mass is 32.1. The van der Waals surface area contributed by atoms with Crippen LogP contribution in [0, 0.1) is 13.8 Å². The molecule has 1 atom stereocenters. The average molecular weight is 553 g/mol. The second kappa shape index (κ2) is 11.7. The van der Waals surface area contributed by atoms with E-state index in [1.807, 2.05) is 19.9 Å². The number of anilines is 2. The fraction of sp³-hybridized carbons (Fsp3) is 0.357. The summed E-state index contributed by atoms with van der Waals surface area (Å²) in [6.45, 7) is 5.14.